The third kappa shape index (κ3) is 7.71. The number of anilines is 1. The van der Waals surface area contributed by atoms with Gasteiger partial charge >= 0.3 is 6.09 Å². The van der Waals surface area contributed by atoms with Crippen LogP contribution in [0.5, 0.6) is 5.75 Å². The number of hydrogen-bond acceptors (Lipinski definition) is 6. The largest absolute Gasteiger partial charge is 0.489 e. The van der Waals surface area contributed by atoms with Crippen LogP contribution in [0.1, 0.15) is 76.7 Å². The molecule has 2 aliphatic carbocycles. The van der Waals surface area contributed by atoms with Crippen LogP contribution >= 0.6 is 0 Å². The van der Waals surface area contributed by atoms with E-state index in [0.29, 0.717) is 0 Å². The van der Waals surface area contributed by atoms with E-state index in [2.05, 4.69) is 26.2 Å². The SMILES string of the molecule is CC1(O)CCCCC1.O=C(O)N[C@H]1CC[C@H](CCN2CCN(c3nccc4c3OCC4)CC2)CC1. The van der Waals surface area contributed by atoms with E-state index in [-0.39, 0.29) is 11.6 Å². The summed E-state index contributed by atoms with van der Waals surface area (Å²) in [4.78, 5) is 20.2. The molecular weight excluding hydrogens is 444 g/mol. The molecule has 3 N–H and O–H groups in total. The number of nitrogens with zero attached hydrogens (tertiary/aromatic N) is 3. The second-order valence-electron chi connectivity index (χ2n) is 11.1. The maximum Gasteiger partial charge on any atom is 0.404 e. The van der Waals surface area contributed by atoms with Gasteiger partial charge in [0.2, 0.25) is 0 Å². The number of hydrogen-bond donors (Lipinski definition) is 3. The number of aromatic nitrogens is 1. The molecule has 8 nitrogen and oxygen atoms in total. The van der Waals surface area contributed by atoms with Crippen molar-refractivity contribution in [2.75, 3.05) is 44.2 Å². The second-order valence-corrected chi connectivity index (χ2v) is 11.1. The normalized spacial score (nSPS) is 26.2. The van der Waals surface area contributed by atoms with Crippen molar-refractivity contribution in [3.05, 3.63) is 17.8 Å². The van der Waals surface area contributed by atoms with Gasteiger partial charge in [0, 0.05) is 50.4 Å². The summed E-state index contributed by atoms with van der Waals surface area (Å²) in [6.07, 6.45) is 13.2. The fraction of sp³-hybridized carbons (Fsp3) is 0.778. The molecule has 0 aromatic carbocycles. The zero-order valence-electron chi connectivity index (χ0n) is 21.4. The van der Waals surface area contributed by atoms with Gasteiger partial charge in [-0.1, -0.05) is 19.3 Å². The van der Waals surface area contributed by atoms with E-state index in [0.717, 1.165) is 102 Å². The number of amides is 1. The summed E-state index contributed by atoms with van der Waals surface area (Å²) >= 11 is 0. The third-order valence-corrected chi connectivity index (χ3v) is 8.22. The van der Waals surface area contributed by atoms with Crippen molar-refractivity contribution in [2.24, 2.45) is 5.92 Å². The van der Waals surface area contributed by atoms with E-state index < -0.39 is 6.09 Å². The zero-order chi connectivity index (χ0) is 24.7. The number of piperazine rings is 1. The highest BCUT2D eigenvalue weighted by Gasteiger charge is 2.26. The maximum atomic E-state index is 10.7. The lowest BCUT2D eigenvalue weighted by atomic mass is 9.84. The molecule has 196 valence electrons. The average Bonchev–Trinajstić information content (AvgIpc) is 3.33. The molecule has 3 heterocycles. The Hall–Kier alpha value is -2.06. The van der Waals surface area contributed by atoms with Crippen LogP contribution in [0.3, 0.4) is 0 Å². The molecule has 4 aliphatic rings. The van der Waals surface area contributed by atoms with E-state index in [1.165, 1.54) is 31.2 Å². The molecule has 8 heteroatoms. The van der Waals surface area contributed by atoms with Crippen molar-refractivity contribution in [1.29, 1.82) is 0 Å². The lowest BCUT2D eigenvalue weighted by molar-refractivity contribution is 0.0225. The van der Waals surface area contributed by atoms with E-state index in [4.69, 9.17) is 9.84 Å². The minimum Gasteiger partial charge on any atom is -0.489 e. The molecule has 5 rings (SSSR count). The van der Waals surface area contributed by atoms with Gasteiger partial charge in [0.15, 0.2) is 11.6 Å². The van der Waals surface area contributed by atoms with Crippen LogP contribution in [0.4, 0.5) is 10.6 Å². The molecule has 0 atom stereocenters. The maximum absolute atomic E-state index is 10.7. The molecule has 1 aromatic heterocycles. The number of carbonyl (C=O) groups is 1. The average molecular weight is 489 g/mol. The van der Waals surface area contributed by atoms with Gasteiger partial charge in [0.05, 0.1) is 12.2 Å². The molecule has 0 spiro atoms. The van der Waals surface area contributed by atoms with Crippen LogP contribution in [0, 0.1) is 5.92 Å². The van der Waals surface area contributed by atoms with Crippen LogP contribution in [-0.4, -0.2) is 77.2 Å². The summed E-state index contributed by atoms with van der Waals surface area (Å²) in [5.41, 5.74) is 0.966. The monoisotopic (exact) mass is 488 g/mol. The first-order valence-electron chi connectivity index (χ1n) is 13.7. The first-order valence-corrected chi connectivity index (χ1v) is 13.7. The van der Waals surface area contributed by atoms with E-state index >= 15 is 0 Å². The Morgan fingerprint density at radius 3 is 2.49 bits per heavy atom. The van der Waals surface area contributed by atoms with Crippen molar-refractivity contribution in [1.82, 2.24) is 15.2 Å². The van der Waals surface area contributed by atoms with E-state index in [9.17, 15) is 9.90 Å². The zero-order valence-corrected chi connectivity index (χ0v) is 21.4. The summed E-state index contributed by atoms with van der Waals surface area (Å²) in [6, 6.07) is 2.23. The van der Waals surface area contributed by atoms with Crippen molar-refractivity contribution in [2.45, 2.75) is 89.2 Å². The van der Waals surface area contributed by atoms with E-state index in [1.54, 1.807) is 0 Å². The Morgan fingerprint density at radius 1 is 1.14 bits per heavy atom. The molecule has 1 aromatic rings. The highest BCUT2D eigenvalue weighted by atomic mass is 16.5. The lowest BCUT2D eigenvalue weighted by Gasteiger charge is -2.37. The molecule has 35 heavy (non-hydrogen) atoms. The highest BCUT2D eigenvalue weighted by Crippen LogP contribution is 2.34. The van der Waals surface area contributed by atoms with Crippen molar-refractivity contribution in [3.8, 4) is 5.75 Å². The molecule has 1 saturated heterocycles. The second kappa shape index (κ2) is 12.3. The van der Waals surface area contributed by atoms with Gasteiger partial charge in [-0.3, -0.25) is 4.90 Å². The first-order chi connectivity index (χ1) is 16.9. The van der Waals surface area contributed by atoms with Crippen LogP contribution in [0.2, 0.25) is 0 Å². The van der Waals surface area contributed by atoms with Crippen LogP contribution < -0.4 is 15.0 Å². The molecule has 3 fully saturated rings. The molecule has 0 bridgehead atoms. The summed E-state index contributed by atoms with van der Waals surface area (Å²) in [5, 5.41) is 20.8. The number of pyridine rings is 1. The summed E-state index contributed by atoms with van der Waals surface area (Å²) in [7, 11) is 0. The Labute approximate surface area is 210 Å². The fourth-order valence-corrected chi connectivity index (χ4v) is 5.95. The van der Waals surface area contributed by atoms with Crippen molar-refractivity contribution >= 4 is 11.9 Å². The Morgan fingerprint density at radius 2 is 1.86 bits per heavy atom. The third-order valence-electron chi connectivity index (χ3n) is 8.22. The number of carboxylic acid groups (broad SMARTS) is 1. The smallest absolute Gasteiger partial charge is 0.404 e. The minimum absolute atomic E-state index is 0.157. The molecule has 0 radical (unpaired) electrons. The first kappa shape index (κ1) is 26.0. The topological polar surface area (TPSA) is 98.2 Å². The number of fused-ring (bicyclic) bond motifs is 1. The lowest BCUT2D eigenvalue weighted by Crippen LogP contribution is -2.47. The number of nitrogens with one attached hydrogen (secondary N) is 1. The number of aliphatic hydroxyl groups is 1. The molecule has 2 saturated carbocycles. The van der Waals surface area contributed by atoms with Gasteiger partial charge in [0.25, 0.3) is 0 Å². The van der Waals surface area contributed by atoms with Crippen LogP contribution in [0.15, 0.2) is 12.3 Å². The van der Waals surface area contributed by atoms with Gasteiger partial charge in [-0.2, -0.15) is 0 Å². The summed E-state index contributed by atoms with van der Waals surface area (Å²) in [5.74, 6) is 2.76. The fourth-order valence-electron chi connectivity index (χ4n) is 5.95. The predicted molar refractivity (Wildman–Crippen MR) is 137 cm³/mol. The van der Waals surface area contributed by atoms with Gasteiger partial charge in [-0.15, -0.1) is 0 Å². The minimum atomic E-state index is -0.889. The molecule has 0 unspecified atom stereocenters. The summed E-state index contributed by atoms with van der Waals surface area (Å²) < 4.78 is 5.81. The molecule has 1 amide bonds. The Kier molecular flexibility index (Phi) is 9.11. The van der Waals surface area contributed by atoms with Gasteiger partial charge in [0.1, 0.15) is 0 Å². The van der Waals surface area contributed by atoms with Crippen molar-refractivity contribution < 1.29 is 19.7 Å². The summed E-state index contributed by atoms with van der Waals surface area (Å²) in [6.45, 7) is 8.00. The van der Waals surface area contributed by atoms with Crippen LogP contribution in [-0.2, 0) is 6.42 Å². The standard InChI is InChI=1S/C20H30N4O3.C7H14O/c25-20(26)22-17-3-1-15(2-4-17)6-9-23-10-12-24(13-11-23)19-18-16(5-8-21-19)7-14-27-18;1-7(8)5-3-2-4-6-7/h5,8,15,17,22H,1-4,6-7,9-14H2,(H,25,26);8H,2-6H2,1H3/t15-,17-;. The van der Waals surface area contributed by atoms with Gasteiger partial charge in [-0.25, -0.2) is 9.78 Å². The van der Waals surface area contributed by atoms with Gasteiger partial charge < -0.3 is 25.2 Å². The van der Waals surface area contributed by atoms with E-state index in [1.807, 2.05) is 13.1 Å². The Balaban J connectivity index is 0.000000308. The predicted octanol–water partition coefficient (Wildman–Crippen LogP) is 4.06. The Bertz CT molecular complexity index is 809. The number of ether oxygens (including phenoxy) is 1. The quantitative estimate of drug-likeness (QED) is 0.575. The molecular formula is C27H44N4O4. The molecule has 2 aliphatic heterocycles. The highest BCUT2D eigenvalue weighted by molar-refractivity contribution is 5.64. The van der Waals surface area contributed by atoms with Crippen molar-refractivity contribution in [3.63, 3.8) is 0 Å². The van der Waals surface area contributed by atoms with Crippen LogP contribution in [0.25, 0.3) is 0 Å². The van der Waals surface area contributed by atoms with Gasteiger partial charge in [-0.05, 0) is 70.4 Å². The number of rotatable bonds is 5.